The van der Waals surface area contributed by atoms with Crippen molar-refractivity contribution in [2.75, 3.05) is 40.4 Å². The van der Waals surface area contributed by atoms with Crippen molar-refractivity contribution < 1.29 is 9.47 Å². The Morgan fingerprint density at radius 3 is 2.81 bits per heavy atom. The zero-order chi connectivity index (χ0) is 21.8. The highest BCUT2D eigenvalue weighted by molar-refractivity contribution is 5.80. The first-order valence-corrected chi connectivity index (χ1v) is 10.9. The number of nitrogens with zero attached hydrogens (tertiary/aromatic N) is 4. The van der Waals surface area contributed by atoms with Gasteiger partial charge in [-0.05, 0) is 19.4 Å². The molecule has 0 radical (unpaired) electrons. The lowest BCUT2D eigenvalue weighted by atomic mass is 10.1. The minimum atomic E-state index is 0.204. The van der Waals surface area contributed by atoms with Crippen LogP contribution in [0.4, 0.5) is 0 Å². The van der Waals surface area contributed by atoms with Crippen molar-refractivity contribution in [2.24, 2.45) is 4.99 Å². The third kappa shape index (κ3) is 4.67. The minimum absolute atomic E-state index is 0.204. The summed E-state index contributed by atoms with van der Waals surface area (Å²) in [6.45, 7) is 9.12. The molecular formula is C24H33N5O2. The van der Waals surface area contributed by atoms with E-state index in [0.29, 0.717) is 12.6 Å². The molecular weight excluding hydrogens is 390 g/mol. The largest absolute Gasteiger partial charge is 0.496 e. The quantitative estimate of drug-likeness (QED) is 0.589. The first-order valence-electron chi connectivity index (χ1n) is 10.9. The van der Waals surface area contributed by atoms with E-state index in [9.17, 15) is 0 Å². The topological polar surface area (TPSA) is 62.2 Å². The van der Waals surface area contributed by atoms with Crippen LogP contribution in [-0.2, 0) is 17.8 Å². The van der Waals surface area contributed by atoms with E-state index in [-0.39, 0.29) is 6.10 Å². The Labute approximate surface area is 185 Å². The third-order valence-corrected chi connectivity index (χ3v) is 6.32. The summed E-state index contributed by atoms with van der Waals surface area (Å²) in [7, 11) is 3.54. The van der Waals surface area contributed by atoms with Gasteiger partial charge in [0.2, 0.25) is 0 Å². The van der Waals surface area contributed by atoms with Crippen LogP contribution in [0.2, 0.25) is 0 Å². The number of ether oxygens (including phenoxy) is 2. The number of likely N-dealkylation sites (tertiary alicyclic amines) is 1. The van der Waals surface area contributed by atoms with Gasteiger partial charge in [-0.2, -0.15) is 0 Å². The number of fused-ring (bicyclic) bond motifs is 1. The van der Waals surface area contributed by atoms with Crippen LogP contribution in [0.15, 0.2) is 41.5 Å². The number of aryl methyl sites for hydroxylation is 1. The molecule has 1 N–H and O–H groups in total. The number of benzene rings is 1. The summed E-state index contributed by atoms with van der Waals surface area (Å²) in [5.74, 6) is 1.79. The predicted octanol–water partition coefficient (Wildman–Crippen LogP) is 2.37. The van der Waals surface area contributed by atoms with Gasteiger partial charge in [-0.3, -0.25) is 14.9 Å². The van der Waals surface area contributed by atoms with Crippen molar-refractivity contribution in [1.82, 2.24) is 20.1 Å². The van der Waals surface area contributed by atoms with E-state index in [1.54, 1.807) is 7.11 Å². The number of pyridine rings is 1. The molecule has 4 rings (SSSR count). The van der Waals surface area contributed by atoms with Crippen molar-refractivity contribution in [3.05, 3.63) is 58.9 Å². The summed E-state index contributed by atoms with van der Waals surface area (Å²) in [4.78, 5) is 14.0. The van der Waals surface area contributed by atoms with Crippen LogP contribution in [0.1, 0.15) is 22.4 Å². The van der Waals surface area contributed by atoms with E-state index < -0.39 is 0 Å². The molecule has 7 heteroatoms. The zero-order valence-corrected chi connectivity index (χ0v) is 19.0. The lowest BCUT2D eigenvalue weighted by Crippen LogP contribution is -2.50. The molecule has 0 aliphatic carbocycles. The molecule has 2 aliphatic heterocycles. The second-order valence-corrected chi connectivity index (χ2v) is 8.28. The van der Waals surface area contributed by atoms with E-state index >= 15 is 0 Å². The Kier molecular flexibility index (Phi) is 6.73. The Bertz CT molecular complexity index is 918. The number of hydrogen-bond acceptors (Lipinski definition) is 5. The van der Waals surface area contributed by atoms with Crippen molar-refractivity contribution in [3.63, 3.8) is 0 Å². The first-order chi connectivity index (χ1) is 15.1. The van der Waals surface area contributed by atoms with Gasteiger partial charge < -0.3 is 19.7 Å². The lowest BCUT2D eigenvalue weighted by molar-refractivity contribution is -0.0502. The number of aliphatic imine (C=N–C) groups is 1. The maximum Gasteiger partial charge on any atom is 0.194 e. The van der Waals surface area contributed by atoms with Crippen LogP contribution >= 0.6 is 0 Å². The maximum absolute atomic E-state index is 6.13. The Morgan fingerprint density at radius 1 is 1.26 bits per heavy atom. The van der Waals surface area contributed by atoms with Crippen LogP contribution in [0.25, 0.3) is 0 Å². The van der Waals surface area contributed by atoms with E-state index in [2.05, 4.69) is 62.3 Å². The molecule has 31 heavy (non-hydrogen) atoms. The monoisotopic (exact) mass is 423 g/mol. The lowest BCUT2D eigenvalue weighted by Gasteiger charge is -2.36. The molecule has 3 heterocycles. The minimum Gasteiger partial charge on any atom is -0.496 e. The SMILES string of the molecule is CN=C(NCc1ncc(C)c(OC)c1C)N1CC2OCCN(Cc3ccccc3)C2C1. The molecule has 0 amide bonds. The number of guanidine groups is 1. The van der Waals surface area contributed by atoms with Gasteiger partial charge in [0.05, 0.1) is 38.1 Å². The van der Waals surface area contributed by atoms with Crippen LogP contribution < -0.4 is 10.1 Å². The van der Waals surface area contributed by atoms with Gasteiger partial charge in [-0.25, -0.2) is 0 Å². The Hall–Kier alpha value is -2.64. The summed E-state index contributed by atoms with van der Waals surface area (Å²) < 4.78 is 11.7. The van der Waals surface area contributed by atoms with Gasteiger partial charge in [0.15, 0.2) is 5.96 Å². The molecule has 0 spiro atoms. The second kappa shape index (κ2) is 9.66. The average molecular weight is 424 g/mol. The van der Waals surface area contributed by atoms with E-state index in [4.69, 9.17) is 9.47 Å². The molecule has 2 aliphatic rings. The van der Waals surface area contributed by atoms with Crippen LogP contribution in [-0.4, -0.2) is 73.3 Å². The smallest absolute Gasteiger partial charge is 0.194 e. The average Bonchev–Trinajstić information content (AvgIpc) is 3.22. The number of rotatable bonds is 5. The highest BCUT2D eigenvalue weighted by Crippen LogP contribution is 2.26. The molecule has 1 aromatic carbocycles. The molecule has 2 fully saturated rings. The summed E-state index contributed by atoms with van der Waals surface area (Å²) in [6, 6.07) is 11.0. The van der Waals surface area contributed by atoms with E-state index in [1.807, 2.05) is 20.2 Å². The van der Waals surface area contributed by atoms with Crippen molar-refractivity contribution in [2.45, 2.75) is 39.1 Å². The number of aromatic nitrogens is 1. The zero-order valence-electron chi connectivity index (χ0n) is 19.0. The molecule has 2 saturated heterocycles. The highest BCUT2D eigenvalue weighted by Gasteiger charge is 2.41. The van der Waals surface area contributed by atoms with Crippen LogP contribution in [0.3, 0.4) is 0 Å². The van der Waals surface area contributed by atoms with Gasteiger partial charge in [0.1, 0.15) is 5.75 Å². The van der Waals surface area contributed by atoms with Crippen molar-refractivity contribution in [3.8, 4) is 5.75 Å². The number of morpholine rings is 1. The predicted molar refractivity (Wildman–Crippen MR) is 122 cm³/mol. The van der Waals surface area contributed by atoms with Crippen LogP contribution in [0, 0.1) is 13.8 Å². The van der Waals surface area contributed by atoms with Crippen molar-refractivity contribution in [1.29, 1.82) is 0 Å². The van der Waals surface area contributed by atoms with Gasteiger partial charge in [0.25, 0.3) is 0 Å². The number of hydrogen-bond donors (Lipinski definition) is 1. The summed E-state index contributed by atoms with van der Waals surface area (Å²) in [6.07, 6.45) is 2.07. The van der Waals surface area contributed by atoms with E-state index in [0.717, 1.165) is 61.3 Å². The first kappa shape index (κ1) is 21.6. The maximum atomic E-state index is 6.13. The second-order valence-electron chi connectivity index (χ2n) is 8.28. The summed E-state index contributed by atoms with van der Waals surface area (Å²) in [5, 5.41) is 3.50. The fourth-order valence-electron chi connectivity index (χ4n) is 4.69. The highest BCUT2D eigenvalue weighted by atomic mass is 16.5. The summed E-state index contributed by atoms with van der Waals surface area (Å²) in [5.41, 5.74) is 4.44. The Balaban J connectivity index is 1.41. The summed E-state index contributed by atoms with van der Waals surface area (Å²) >= 11 is 0. The molecule has 1 aromatic heterocycles. The fraction of sp³-hybridized carbons (Fsp3) is 0.500. The Morgan fingerprint density at radius 2 is 2.06 bits per heavy atom. The molecule has 2 atom stereocenters. The molecule has 2 aromatic rings. The molecule has 166 valence electrons. The van der Waals surface area contributed by atoms with Gasteiger partial charge in [-0.1, -0.05) is 30.3 Å². The normalized spacial score (nSPS) is 21.8. The molecule has 0 saturated carbocycles. The standard InChI is InChI=1S/C24H33N5O2/c1-17-12-26-20(18(2)23(17)30-4)13-27-24(25-3)29-15-21-22(16-29)31-11-10-28(21)14-19-8-6-5-7-9-19/h5-9,12,21-22H,10-11,13-16H2,1-4H3,(H,25,27). The van der Waals surface area contributed by atoms with E-state index in [1.165, 1.54) is 5.56 Å². The number of methoxy groups -OCH3 is 1. The molecule has 0 bridgehead atoms. The van der Waals surface area contributed by atoms with Gasteiger partial charge in [0, 0.05) is 50.6 Å². The van der Waals surface area contributed by atoms with Gasteiger partial charge in [-0.15, -0.1) is 0 Å². The van der Waals surface area contributed by atoms with Crippen LogP contribution in [0.5, 0.6) is 5.75 Å². The number of nitrogens with one attached hydrogen (secondary N) is 1. The molecule has 2 unspecified atom stereocenters. The molecule has 7 nitrogen and oxygen atoms in total. The third-order valence-electron chi connectivity index (χ3n) is 6.32. The van der Waals surface area contributed by atoms with Crippen molar-refractivity contribution >= 4 is 5.96 Å². The van der Waals surface area contributed by atoms with Gasteiger partial charge >= 0.3 is 0 Å². The fourth-order valence-corrected chi connectivity index (χ4v) is 4.69.